The molecule has 1 unspecified atom stereocenters. The fraction of sp³-hybridized carbons (Fsp3) is 0.545. The summed E-state index contributed by atoms with van der Waals surface area (Å²) in [6.07, 6.45) is 1.63. The van der Waals surface area contributed by atoms with Crippen molar-refractivity contribution in [2.45, 2.75) is 25.1 Å². The first kappa shape index (κ1) is 13.1. The summed E-state index contributed by atoms with van der Waals surface area (Å²) >= 11 is 1.55. The smallest absolute Gasteiger partial charge is 0.326 e. The topological polar surface area (TPSA) is 65.5 Å². The van der Waals surface area contributed by atoms with Crippen LogP contribution >= 0.6 is 11.8 Å². The lowest BCUT2D eigenvalue weighted by Gasteiger charge is -2.21. The molecule has 0 aromatic carbocycles. The van der Waals surface area contributed by atoms with Crippen LogP contribution in [0.1, 0.15) is 19.6 Å². The van der Waals surface area contributed by atoms with Crippen LogP contribution in [0.2, 0.25) is 0 Å². The predicted octanol–water partition coefficient (Wildman–Crippen LogP) is 1.79. The zero-order valence-electron chi connectivity index (χ0n) is 9.56. The Hall–Kier alpha value is -0.940. The number of furan rings is 1. The van der Waals surface area contributed by atoms with Crippen LogP contribution in [-0.4, -0.2) is 23.9 Å². The highest BCUT2D eigenvalue weighted by molar-refractivity contribution is 7.98. The number of carbonyl (C=O) groups excluding carboxylic acids is 1. The van der Waals surface area contributed by atoms with Crippen molar-refractivity contribution in [2.75, 3.05) is 12.4 Å². The minimum atomic E-state index is -0.937. The first-order valence-electron chi connectivity index (χ1n) is 5.12. The molecule has 0 amide bonds. The molecule has 0 aliphatic heterocycles. The maximum absolute atomic E-state index is 11.5. The van der Waals surface area contributed by atoms with Crippen LogP contribution < -0.4 is 5.73 Å². The maximum atomic E-state index is 11.5. The Kier molecular flexibility index (Phi) is 4.89. The largest absolute Gasteiger partial charge is 0.468 e. The Labute approximate surface area is 99.5 Å². The van der Waals surface area contributed by atoms with Gasteiger partial charge in [0.15, 0.2) is 0 Å². The van der Waals surface area contributed by atoms with Crippen LogP contribution in [0, 0.1) is 0 Å². The summed E-state index contributed by atoms with van der Waals surface area (Å²) in [6.45, 7) is 3.80. The fourth-order valence-corrected chi connectivity index (χ4v) is 2.12. The molecule has 1 heterocycles. The van der Waals surface area contributed by atoms with E-state index >= 15 is 0 Å². The van der Waals surface area contributed by atoms with Crippen molar-refractivity contribution in [1.82, 2.24) is 0 Å². The van der Waals surface area contributed by atoms with E-state index in [0.29, 0.717) is 18.1 Å². The second-order valence-electron chi connectivity index (χ2n) is 3.71. The van der Waals surface area contributed by atoms with Crippen LogP contribution in [0.4, 0.5) is 0 Å². The van der Waals surface area contributed by atoms with E-state index in [4.69, 9.17) is 14.9 Å². The van der Waals surface area contributed by atoms with Crippen LogP contribution in [-0.2, 0) is 15.3 Å². The van der Waals surface area contributed by atoms with Crippen molar-refractivity contribution < 1.29 is 13.9 Å². The van der Waals surface area contributed by atoms with Crippen molar-refractivity contribution >= 4 is 17.7 Å². The lowest BCUT2D eigenvalue weighted by atomic mass is 10.1. The molecule has 90 valence electrons. The second kappa shape index (κ2) is 5.96. The number of rotatable bonds is 6. The van der Waals surface area contributed by atoms with E-state index in [0.717, 1.165) is 5.76 Å². The van der Waals surface area contributed by atoms with Crippen molar-refractivity contribution in [3.63, 3.8) is 0 Å². The highest BCUT2D eigenvalue weighted by atomic mass is 32.2. The van der Waals surface area contributed by atoms with Crippen molar-refractivity contribution in [1.29, 1.82) is 0 Å². The summed E-state index contributed by atoms with van der Waals surface area (Å²) in [5, 5.41) is 0. The fourth-order valence-electron chi connectivity index (χ4n) is 1.11. The van der Waals surface area contributed by atoms with Gasteiger partial charge in [-0.25, -0.2) is 0 Å². The molecule has 2 N–H and O–H groups in total. The SMILES string of the molecule is CCOC(=O)C(C)(N)CSCc1ccco1. The molecule has 0 aliphatic carbocycles. The first-order valence-corrected chi connectivity index (χ1v) is 6.28. The minimum Gasteiger partial charge on any atom is -0.468 e. The number of hydrogen-bond acceptors (Lipinski definition) is 5. The molecule has 0 radical (unpaired) electrons. The summed E-state index contributed by atoms with van der Waals surface area (Å²) in [4.78, 5) is 11.5. The van der Waals surface area contributed by atoms with Gasteiger partial charge >= 0.3 is 5.97 Å². The molecule has 1 atom stereocenters. The van der Waals surface area contributed by atoms with Gasteiger partial charge in [-0.3, -0.25) is 4.79 Å². The highest BCUT2D eigenvalue weighted by Gasteiger charge is 2.29. The van der Waals surface area contributed by atoms with Gasteiger partial charge in [-0.15, -0.1) is 0 Å². The van der Waals surface area contributed by atoms with E-state index in [1.165, 1.54) is 0 Å². The number of hydrogen-bond donors (Lipinski definition) is 1. The van der Waals surface area contributed by atoms with Gasteiger partial charge in [0.05, 0.1) is 18.6 Å². The average molecular weight is 243 g/mol. The van der Waals surface area contributed by atoms with E-state index in [1.807, 2.05) is 12.1 Å². The Balaban J connectivity index is 2.33. The summed E-state index contributed by atoms with van der Waals surface area (Å²) in [6, 6.07) is 3.73. The lowest BCUT2D eigenvalue weighted by molar-refractivity contribution is -0.148. The van der Waals surface area contributed by atoms with Crippen molar-refractivity contribution in [2.24, 2.45) is 5.73 Å². The third-order valence-electron chi connectivity index (χ3n) is 1.97. The molecule has 0 saturated heterocycles. The molecular formula is C11H17NO3S. The first-order chi connectivity index (χ1) is 7.56. The molecule has 1 rings (SSSR count). The van der Waals surface area contributed by atoms with Gasteiger partial charge < -0.3 is 14.9 Å². The van der Waals surface area contributed by atoms with Gasteiger partial charge in [-0.1, -0.05) is 0 Å². The third kappa shape index (κ3) is 3.90. The monoisotopic (exact) mass is 243 g/mol. The van der Waals surface area contributed by atoms with Crippen LogP contribution in [0.3, 0.4) is 0 Å². The number of ether oxygens (including phenoxy) is 1. The van der Waals surface area contributed by atoms with Crippen LogP contribution in [0.15, 0.2) is 22.8 Å². The Morgan fingerprint density at radius 2 is 2.44 bits per heavy atom. The van der Waals surface area contributed by atoms with E-state index in [1.54, 1.807) is 31.9 Å². The molecule has 5 heteroatoms. The van der Waals surface area contributed by atoms with Gasteiger partial charge in [0.2, 0.25) is 0 Å². The highest BCUT2D eigenvalue weighted by Crippen LogP contribution is 2.17. The molecule has 0 fully saturated rings. The number of carbonyl (C=O) groups is 1. The summed E-state index contributed by atoms with van der Waals surface area (Å²) in [5.74, 6) is 1.73. The summed E-state index contributed by atoms with van der Waals surface area (Å²) in [5.41, 5.74) is 4.92. The normalized spacial score (nSPS) is 14.4. The lowest BCUT2D eigenvalue weighted by Crippen LogP contribution is -2.48. The van der Waals surface area contributed by atoms with E-state index in [2.05, 4.69) is 0 Å². The maximum Gasteiger partial charge on any atom is 0.326 e. The van der Waals surface area contributed by atoms with E-state index in [-0.39, 0.29) is 5.97 Å². The Morgan fingerprint density at radius 3 is 3.00 bits per heavy atom. The second-order valence-corrected chi connectivity index (χ2v) is 4.70. The molecule has 1 aromatic rings. The van der Waals surface area contributed by atoms with E-state index < -0.39 is 5.54 Å². The van der Waals surface area contributed by atoms with Crippen LogP contribution in [0.25, 0.3) is 0 Å². The van der Waals surface area contributed by atoms with Gasteiger partial charge in [0.25, 0.3) is 0 Å². The Bertz CT molecular complexity index is 322. The van der Waals surface area contributed by atoms with Gasteiger partial charge in [0.1, 0.15) is 11.3 Å². The van der Waals surface area contributed by atoms with Gasteiger partial charge in [-0.2, -0.15) is 11.8 Å². The van der Waals surface area contributed by atoms with E-state index in [9.17, 15) is 4.79 Å². The molecule has 1 aromatic heterocycles. The average Bonchev–Trinajstić information content (AvgIpc) is 2.70. The molecule has 0 aliphatic rings. The quantitative estimate of drug-likeness (QED) is 0.772. The molecule has 0 saturated carbocycles. The molecule has 0 bridgehead atoms. The zero-order chi connectivity index (χ0) is 12.0. The van der Waals surface area contributed by atoms with Crippen molar-refractivity contribution in [3.05, 3.63) is 24.2 Å². The number of thioether (sulfide) groups is 1. The molecule has 16 heavy (non-hydrogen) atoms. The zero-order valence-corrected chi connectivity index (χ0v) is 10.4. The Morgan fingerprint density at radius 1 is 1.69 bits per heavy atom. The number of nitrogens with two attached hydrogens (primary N) is 1. The summed E-state index contributed by atoms with van der Waals surface area (Å²) < 4.78 is 10.1. The van der Waals surface area contributed by atoms with Gasteiger partial charge in [0, 0.05) is 5.75 Å². The molecule has 0 spiro atoms. The summed E-state index contributed by atoms with van der Waals surface area (Å²) in [7, 11) is 0. The minimum absolute atomic E-state index is 0.356. The third-order valence-corrected chi connectivity index (χ3v) is 3.26. The van der Waals surface area contributed by atoms with Gasteiger partial charge in [-0.05, 0) is 26.0 Å². The molecular weight excluding hydrogens is 226 g/mol. The van der Waals surface area contributed by atoms with Crippen LogP contribution in [0.5, 0.6) is 0 Å². The molecule has 4 nitrogen and oxygen atoms in total. The standard InChI is InChI=1S/C11H17NO3S/c1-3-14-10(13)11(2,12)8-16-7-9-5-4-6-15-9/h4-6H,3,7-8,12H2,1-2H3. The van der Waals surface area contributed by atoms with Crippen molar-refractivity contribution in [3.8, 4) is 0 Å². The number of esters is 1. The predicted molar refractivity (Wildman–Crippen MR) is 64.1 cm³/mol.